The van der Waals surface area contributed by atoms with Gasteiger partial charge in [-0.15, -0.1) is 0 Å². The van der Waals surface area contributed by atoms with Crippen LogP contribution in [0.1, 0.15) is 57.1 Å². The maximum atomic E-state index is 11.8. The van der Waals surface area contributed by atoms with Crippen LogP contribution in [0.2, 0.25) is 0 Å². The van der Waals surface area contributed by atoms with E-state index in [4.69, 9.17) is 4.74 Å². The molecule has 202 valence electrons. The molecule has 0 radical (unpaired) electrons. The standard InChI is InChI=1S/C31H39N3O4/c1-4-30(36)33-25-15-11-23(12-16-25)29(24-13-17-26(18-14-24)34-31(37)5-2)19-22(3)32-20-27(35)21-38-28-9-7-6-8-10-28/h6-18,22,27,29,32,35H,4-5,19-21H2,1-3H3,(H,33,36)(H,34,37)/t22-,27-/m0/s1. The van der Waals surface area contributed by atoms with Gasteiger partial charge in [0.25, 0.3) is 0 Å². The number of para-hydroxylation sites is 1. The lowest BCUT2D eigenvalue weighted by Gasteiger charge is -2.24. The second kappa shape index (κ2) is 14.9. The van der Waals surface area contributed by atoms with Crippen LogP contribution in [-0.4, -0.2) is 42.2 Å². The van der Waals surface area contributed by atoms with Crippen LogP contribution in [-0.2, 0) is 9.59 Å². The topological polar surface area (TPSA) is 99.7 Å². The number of carbonyl (C=O) groups excluding carboxylic acids is 2. The number of amides is 2. The zero-order chi connectivity index (χ0) is 27.3. The van der Waals surface area contributed by atoms with E-state index in [1.54, 1.807) is 0 Å². The molecule has 0 saturated heterocycles. The van der Waals surface area contributed by atoms with Gasteiger partial charge < -0.3 is 25.8 Å². The van der Waals surface area contributed by atoms with E-state index in [1.807, 2.05) is 92.7 Å². The zero-order valence-electron chi connectivity index (χ0n) is 22.4. The first kappa shape index (κ1) is 28.9. The van der Waals surface area contributed by atoms with E-state index in [9.17, 15) is 14.7 Å². The number of aliphatic hydroxyl groups excluding tert-OH is 1. The summed E-state index contributed by atoms with van der Waals surface area (Å²) < 4.78 is 5.66. The molecule has 0 fully saturated rings. The molecule has 0 spiro atoms. The summed E-state index contributed by atoms with van der Waals surface area (Å²) in [5.74, 6) is 0.761. The number of anilines is 2. The number of rotatable bonds is 14. The third-order valence-electron chi connectivity index (χ3n) is 6.31. The van der Waals surface area contributed by atoms with Gasteiger partial charge in [0, 0.05) is 42.7 Å². The highest BCUT2D eigenvalue weighted by molar-refractivity contribution is 5.91. The summed E-state index contributed by atoms with van der Waals surface area (Å²) in [7, 11) is 0. The molecule has 0 unspecified atom stereocenters. The Hall–Kier alpha value is -3.68. The second-order valence-corrected chi connectivity index (χ2v) is 9.42. The first-order chi connectivity index (χ1) is 18.4. The molecular formula is C31H39N3O4. The Bertz CT molecular complexity index is 1070. The van der Waals surface area contributed by atoms with Crippen molar-refractivity contribution in [3.05, 3.63) is 90.0 Å². The van der Waals surface area contributed by atoms with E-state index < -0.39 is 6.10 Å². The SMILES string of the molecule is CCC(=O)Nc1ccc(C(C[C@H](C)NC[C@H](O)COc2ccccc2)c2ccc(NC(=O)CC)cc2)cc1. The second-order valence-electron chi connectivity index (χ2n) is 9.42. The van der Waals surface area contributed by atoms with Gasteiger partial charge in [-0.2, -0.15) is 0 Å². The summed E-state index contributed by atoms with van der Waals surface area (Å²) in [6.07, 6.45) is 1.00. The monoisotopic (exact) mass is 517 g/mol. The molecule has 3 aromatic rings. The summed E-state index contributed by atoms with van der Waals surface area (Å²) in [4.78, 5) is 23.5. The van der Waals surface area contributed by atoms with E-state index in [0.717, 1.165) is 34.7 Å². The number of benzene rings is 3. The number of hydrogen-bond acceptors (Lipinski definition) is 5. The lowest BCUT2D eigenvalue weighted by molar-refractivity contribution is -0.116. The highest BCUT2D eigenvalue weighted by Gasteiger charge is 2.19. The fourth-order valence-electron chi connectivity index (χ4n) is 4.10. The van der Waals surface area contributed by atoms with E-state index >= 15 is 0 Å². The van der Waals surface area contributed by atoms with Crippen LogP contribution < -0.4 is 20.7 Å². The molecule has 0 saturated carbocycles. The molecule has 0 aliphatic rings. The van der Waals surface area contributed by atoms with Crippen LogP contribution in [0, 0.1) is 0 Å². The first-order valence-corrected chi connectivity index (χ1v) is 13.3. The lowest BCUT2D eigenvalue weighted by atomic mass is 9.86. The van der Waals surface area contributed by atoms with Crippen molar-refractivity contribution in [2.45, 2.75) is 58.1 Å². The number of ether oxygens (including phenoxy) is 1. The number of carbonyl (C=O) groups is 2. The highest BCUT2D eigenvalue weighted by atomic mass is 16.5. The van der Waals surface area contributed by atoms with Crippen molar-refractivity contribution in [1.82, 2.24) is 5.32 Å². The molecule has 0 heterocycles. The Morgan fingerprint density at radius 1 is 0.789 bits per heavy atom. The van der Waals surface area contributed by atoms with Gasteiger partial charge >= 0.3 is 0 Å². The van der Waals surface area contributed by atoms with Gasteiger partial charge in [0.15, 0.2) is 0 Å². The van der Waals surface area contributed by atoms with Crippen molar-refractivity contribution in [2.75, 3.05) is 23.8 Å². The fourth-order valence-corrected chi connectivity index (χ4v) is 4.10. The van der Waals surface area contributed by atoms with Gasteiger partial charge in [-0.05, 0) is 60.9 Å². The Morgan fingerprint density at radius 3 is 1.76 bits per heavy atom. The Morgan fingerprint density at radius 2 is 1.29 bits per heavy atom. The molecule has 0 aliphatic heterocycles. The molecule has 0 aromatic heterocycles. The summed E-state index contributed by atoms with van der Waals surface area (Å²) in [5, 5.41) is 19.6. The number of nitrogens with one attached hydrogen (secondary N) is 3. The minimum atomic E-state index is -0.640. The normalized spacial score (nSPS) is 12.6. The largest absolute Gasteiger partial charge is 0.491 e. The molecular weight excluding hydrogens is 478 g/mol. The summed E-state index contributed by atoms with van der Waals surface area (Å²) in [6.45, 7) is 6.37. The van der Waals surface area contributed by atoms with Gasteiger partial charge in [-0.1, -0.05) is 56.3 Å². The molecule has 3 aromatic carbocycles. The predicted molar refractivity (Wildman–Crippen MR) is 153 cm³/mol. The summed E-state index contributed by atoms with van der Waals surface area (Å²) in [6, 6.07) is 25.4. The summed E-state index contributed by atoms with van der Waals surface area (Å²) >= 11 is 0. The van der Waals surface area contributed by atoms with Gasteiger partial charge in [0.2, 0.25) is 11.8 Å². The van der Waals surface area contributed by atoms with Crippen molar-refractivity contribution < 1.29 is 19.4 Å². The van der Waals surface area contributed by atoms with Crippen LogP contribution >= 0.6 is 0 Å². The molecule has 2 atom stereocenters. The van der Waals surface area contributed by atoms with Crippen molar-refractivity contribution >= 4 is 23.2 Å². The van der Waals surface area contributed by atoms with Crippen molar-refractivity contribution in [3.8, 4) is 5.75 Å². The lowest BCUT2D eigenvalue weighted by Crippen LogP contribution is -2.37. The van der Waals surface area contributed by atoms with Gasteiger partial charge in [0.05, 0.1) is 0 Å². The Balaban J connectivity index is 1.67. The van der Waals surface area contributed by atoms with Crippen molar-refractivity contribution in [3.63, 3.8) is 0 Å². The molecule has 38 heavy (non-hydrogen) atoms. The third kappa shape index (κ3) is 9.32. The Kier molecular flexibility index (Phi) is 11.3. The average Bonchev–Trinajstić information content (AvgIpc) is 2.95. The third-order valence-corrected chi connectivity index (χ3v) is 6.31. The smallest absolute Gasteiger partial charge is 0.224 e. The van der Waals surface area contributed by atoms with Gasteiger partial charge in [-0.25, -0.2) is 0 Å². The fraction of sp³-hybridized carbons (Fsp3) is 0.355. The van der Waals surface area contributed by atoms with E-state index in [0.29, 0.717) is 19.4 Å². The molecule has 0 bridgehead atoms. The van der Waals surface area contributed by atoms with Crippen LogP contribution in [0.5, 0.6) is 5.75 Å². The van der Waals surface area contributed by atoms with Crippen molar-refractivity contribution in [2.24, 2.45) is 0 Å². The highest BCUT2D eigenvalue weighted by Crippen LogP contribution is 2.31. The van der Waals surface area contributed by atoms with E-state index in [-0.39, 0.29) is 30.4 Å². The molecule has 7 nitrogen and oxygen atoms in total. The molecule has 4 N–H and O–H groups in total. The van der Waals surface area contributed by atoms with E-state index in [1.165, 1.54) is 0 Å². The predicted octanol–water partition coefficient (Wildman–Crippen LogP) is 5.32. The van der Waals surface area contributed by atoms with Crippen LogP contribution in [0.3, 0.4) is 0 Å². The zero-order valence-corrected chi connectivity index (χ0v) is 22.4. The molecule has 7 heteroatoms. The first-order valence-electron chi connectivity index (χ1n) is 13.3. The number of aliphatic hydroxyl groups is 1. The number of hydrogen-bond donors (Lipinski definition) is 4. The molecule has 0 aliphatic carbocycles. The van der Waals surface area contributed by atoms with Crippen molar-refractivity contribution in [1.29, 1.82) is 0 Å². The van der Waals surface area contributed by atoms with Crippen LogP contribution in [0.4, 0.5) is 11.4 Å². The van der Waals surface area contributed by atoms with Crippen LogP contribution in [0.15, 0.2) is 78.9 Å². The van der Waals surface area contributed by atoms with Gasteiger partial charge in [0.1, 0.15) is 18.5 Å². The minimum absolute atomic E-state index is 0.0216. The minimum Gasteiger partial charge on any atom is -0.491 e. The van der Waals surface area contributed by atoms with E-state index in [2.05, 4.69) is 22.9 Å². The average molecular weight is 518 g/mol. The molecule has 3 rings (SSSR count). The maximum absolute atomic E-state index is 11.8. The maximum Gasteiger partial charge on any atom is 0.224 e. The quantitative estimate of drug-likeness (QED) is 0.232. The van der Waals surface area contributed by atoms with Gasteiger partial charge in [-0.3, -0.25) is 9.59 Å². The van der Waals surface area contributed by atoms with Crippen LogP contribution in [0.25, 0.3) is 0 Å². The molecule has 2 amide bonds. The summed E-state index contributed by atoms with van der Waals surface area (Å²) in [5.41, 5.74) is 3.77. The Labute approximate surface area is 225 Å².